The van der Waals surface area contributed by atoms with Crippen molar-refractivity contribution in [3.63, 3.8) is 0 Å². The molecule has 0 bridgehead atoms. The van der Waals surface area contributed by atoms with Crippen LogP contribution in [0.25, 0.3) is 0 Å². The third-order valence-corrected chi connectivity index (χ3v) is 6.79. The van der Waals surface area contributed by atoms with E-state index in [0.29, 0.717) is 18.0 Å². The zero-order valence-electron chi connectivity index (χ0n) is 13.7. The minimum Gasteiger partial charge on any atom is -0.298 e. The summed E-state index contributed by atoms with van der Waals surface area (Å²) in [4.78, 5) is 2.73. The SMILES string of the molecule is C=CCN1CCCN(S(=O)(=O)c2ccc3c(c2)CCCC3)CC1. The molecule has 1 aliphatic carbocycles. The zero-order chi connectivity index (χ0) is 16.3. The topological polar surface area (TPSA) is 40.6 Å². The van der Waals surface area contributed by atoms with Gasteiger partial charge in [0.15, 0.2) is 0 Å². The zero-order valence-corrected chi connectivity index (χ0v) is 14.5. The Morgan fingerprint density at radius 3 is 2.57 bits per heavy atom. The molecule has 1 saturated heterocycles. The fraction of sp³-hybridized carbons (Fsp3) is 0.556. The van der Waals surface area contributed by atoms with Gasteiger partial charge in [0.1, 0.15) is 0 Å². The molecular formula is C18H26N2O2S. The molecule has 126 valence electrons. The van der Waals surface area contributed by atoms with Crippen molar-refractivity contribution < 1.29 is 8.42 Å². The van der Waals surface area contributed by atoms with Crippen LogP contribution >= 0.6 is 0 Å². The molecule has 23 heavy (non-hydrogen) atoms. The molecule has 0 saturated carbocycles. The summed E-state index contributed by atoms with van der Waals surface area (Å²) in [6, 6.07) is 5.73. The largest absolute Gasteiger partial charge is 0.298 e. The maximum Gasteiger partial charge on any atom is 0.243 e. The fourth-order valence-electron chi connectivity index (χ4n) is 3.57. The summed E-state index contributed by atoms with van der Waals surface area (Å²) in [7, 11) is -3.38. The van der Waals surface area contributed by atoms with Crippen molar-refractivity contribution in [3.8, 4) is 0 Å². The number of sulfonamides is 1. The molecular weight excluding hydrogens is 308 g/mol. The molecule has 0 atom stereocenters. The van der Waals surface area contributed by atoms with E-state index in [4.69, 9.17) is 0 Å². The molecule has 0 radical (unpaired) electrons. The normalized spacial score (nSPS) is 20.7. The highest BCUT2D eigenvalue weighted by Gasteiger charge is 2.27. The molecule has 0 aromatic heterocycles. The van der Waals surface area contributed by atoms with E-state index in [9.17, 15) is 8.42 Å². The molecule has 1 fully saturated rings. The second-order valence-electron chi connectivity index (χ2n) is 6.48. The van der Waals surface area contributed by atoms with Crippen LogP contribution in [0.4, 0.5) is 0 Å². The highest BCUT2D eigenvalue weighted by atomic mass is 32.2. The van der Waals surface area contributed by atoms with Gasteiger partial charge in [-0.1, -0.05) is 12.1 Å². The molecule has 1 aliphatic heterocycles. The van der Waals surface area contributed by atoms with E-state index in [0.717, 1.165) is 45.3 Å². The first-order valence-electron chi connectivity index (χ1n) is 8.56. The van der Waals surface area contributed by atoms with Crippen molar-refractivity contribution in [1.82, 2.24) is 9.21 Å². The summed E-state index contributed by atoms with van der Waals surface area (Å²) in [6.45, 7) is 7.47. The van der Waals surface area contributed by atoms with Gasteiger partial charge in [0, 0.05) is 26.2 Å². The molecule has 3 rings (SSSR count). The lowest BCUT2D eigenvalue weighted by Crippen LogP contribution is -2.35. The summed E-state index contributed by atoms with van der Waals surface area (Å²) in [5.41, 5.74) is 2.55. The van der Waals surface area contributed by atoms with Crippen molar-refractivity contribution in [2.45, 2.75) is 37.0 Å². The van der Waals surface area contributed by atoms with Gasteiger partial charge in [0.25, 0.3) is 0 Å². The first-order chi connectivity index (χ1) is 11.1. The van der Waals surface area contributed by atoms with E-state index < -0.39 is 10.0 Å². The van der Waals surface area contributed by atoms with E-state index in [1.165, 1.54) is 17.5 Å². The Morgan fingerprint density at radius 2 is 1.78 bits per heavy atom. The van der Waals surface area contributed by atoms with Crippen molar-refractivity contribution in [1.29, 1.82) is 0 Å². The minimum absolute atomic E-state index is 0.468. The first-order valence-corrected chi connectivity index (χ1v) is 10.0. The van der Waals surface area contributed by atoms with Gasteiger partial charge in [0.2, 0.25) is 10.0 Å². The summed E-state index contributed by atoms with van der Waals surface area (Å²) >= 11 is 0. The predicted molar refractivity (Wildman–Crippen MR) is 93.1 cm³/mol. The van der Waals surface area contributed by atoms with Crippen molar-refractivity contribution in [2.75, 3.05) is 32.7 Å². The van der Waals surface area contributed by atoms with Crippen LogP contribution in [0.2, 0.25) is 0 Å². The van der Waals surface area contributed by atoms with Crippen LogP contribution in [0.5, 0.6) is 0 Å². The van der Waals surface area contributed by atoms with Gasteiger partial charge in [-0.05, 0) is 61.9 Å². The van der Waals surface area contributed by atoms with Crippen molar-refractivity contribution >= 4 is 10.0 Å². The molecule has 0 unspecified atom stereocenters. The highest BCUT2D eigenvalue weighted by molar-refractivity contribution is 7.89. The van der Waals surface area contributed by atoms with Gasteiger partial charge in [0.05, 0.1) is 4.90 Å². The minimum atomic E-state index is -3.38. The Kier molecular flexibility index (Phi) is 5.19. The van der Waals surface area contributed by atoms with Gasteiger partial charge in [-0.25, -0.2) is 8.42 Å². The molecule has 1 aromatic rings. The van der Waals surface area contributed by atoms with Crippen LogP contribution in [0.3, 0.4) is 0 Å². The molecule has 0 amide bonds. The smallest absolute Gasteiger partial charge is 0.243 e. The van der Waals surface area contributed by atoms with Gasteiger partial charge in [-0.2, -0.15) is 4.31 Å². The Balaban J connectivity index is 1.79. The quantitative estimate of drug-likeness (QED) is 0.794. The Labute approximate surface area is 139 Å². The van der Waals surface area contributed by atoms with E-state index in [1.54, 1.807) is 10.4 Å². The number of hydrogen-bond donors (Lipinski definition) is 0. The lowest BCUT2D eigenvalue weighted by atomic mass is 9.92. The van der Waals surface area contributed by atoms with Gasteiger partial charge < -0.3 is 0 Å². The average Bonchev–Trinajstić information content (AvgIpc) is 2.81. The van der Waals surface area contributed by atoms with E-state index in [-0.39, 0.29) is 0 Å². The van der Waals surface area contributed by atoms with Crippen LogP contribution in [-0.4, -0.2) is 50.3 Å². The number of aryl methyl sites for hydroxylation is 2. The van der Waals surface area contributed by atoms with E-state index in [1.807, 2.05) is 18.2 Å². The summed E-state index contributed by atoms with van der Waals surface area (Å²) in [5.74, 6) is 0. The fourth-order valence-corrected chi connectivity index (χ4v) is 5.09. The van der Waals surface area contributed by atoms with Crippen molar-refractivity contribution in [2.24, 2.45) is 0 Å². The Morgan fingerprint density at radius 1 is 1.00 bits per heavy atom. The molecule has 2 aliphatic rings. The monoisotopic (exact) mass is 334 g/mol. The molecule has 5 heteroatoms. The van der Waals surface area contributed by atoms with Crippen LogP contribution < -0.4 is 0 Å². The van der Waals surface area contributed by atoms with Crippen LogP contribution in [0.15, 0.2) is 35.7 Å². The number of nitrogens with zero attached hydrogens (tertiary/aromatic N) is 2. The number of fused-ring (bicyclic) bond motifs is 1. The second kappa shape index (κ2) is 7.16. The van der Waals surface area contributed by atoms with Gasteiger partial charge in [-0.15, -0.1) is 6.58 Å². The second-order valence-corrected chi connectivity index (χ2v) is 8.42. The summed E-state index contributed by atoms with van der Waals surface area (Å²) in [5, 5.41) is 0. The number of benzene rings is 1. The van der Waals surface area contributed by atoms with Crippen molar-refractivity contribution in [3.05, 3.63) is 42.0 Å². The molecule has 0 N–H and O–H groups in total. The summed E-state index contributed by atoms with van der Waals surface area (Å²) < 4.78 is 27.6. The molecule has 0 spiro atoms. The highest BCUT2D eigenvalue weighted by Crippen LogP contribution is 2.26. The molecule has 1 heterocycles. The Bertz CT molecular complexity index is 670. The van der Waals surface area contributed by atoms with Gasteiger partial charge >= 0.3 is 0 Å². The third-order valence-electron chi connectivity index (χ3n) is 4.89. The maximum absolute atomic E-state index is 13.0. The standard InChI is InChI=1S/C18H26N2O2S/c1-2-10-19-11-5-12-20(14-13-19)23(21,22)18-9-8-16-6-3-4-7-17(16)15-18/h2,8-9,15H,1,3-7,10-14H2. The van der Waals surface area contributed by atoms with Crippen LogP contribution in [-0.2, 0) is 22.9 Å². The Hall–Kier alpha value is -1.17. The number of rotatable bonds is 4. The molecule has 1 aromatic carbocycles. The average molecular weight is 334 g/mol. The maximum atomic E-state index is 13.0. The van der Waals surface area contributed by atoms with E-state index in [2.05, 4.69) is 11.5 Å². The van der Waals surface area contributed by atoms with Crippen LogP contribution in [0.1, 0.15) is 30.4 Å². The molecule has 4 nitrogen and oxygen atoms in total. The van der Waals surface area contributed by atoms with Gasteiger partial charge in [-0.3, -0.25) is 4.90 Å². The van der Waals surface area contributed by atoms with E-state index >= 15 is 0 Å². The number of hydrogen-bond acceptors (Lipinski definition) is 3. The lowest BCUT2D eigenvalue weighted by Gasteiger charge is -2.22. The third kappa shape index (κ3) is 3.67. The van der Waals surface area contributed by atoms with Crippen LogP contribution in [0, 0.1) is 0 Å². The first kappa shape index (κ1) is 16.7. The lowest BCUT2D eigenvalue weighted by molar-refractivity contribution is 0.316. The summed E-state index contributed by atoms with van der Waals surface area (Å²) in [6.07, 6.45) is 7.22. The predicted octanol–water partition coefficient (Wildman–Crippen LogP) is 2.45.